The maximum Gasteiger partial charge on any atom is 0.332 e. The molecule has 2 aliphatic rings. The summed E-state index contributed by atoms with van der Waals surface area (Å²) < 4.78 is 5.25. The van der Waals surface area contributed by atoms with E-state index in [0.29, 0.717) is 25.9 Å². The Labute approximate surface area is 100 Å². The van der Waals surface area contributed by atoms with Crippen LogP contribution in [0.5, 0.6) is 0 Å². The van der Waals surface area contributed by atoms with Crippen molar-refractivity contribution in [3.8, 4) is 0 Å². The molecule has 0 aromatic rings. The highest BCUT2D eigenvalue weighted by Crippen LogP contribution is 2.22. The normalized spacial score (nSPS) is 29.0. The molecule has 1 saturated heterocycles. The first-order valence-corrected chi connectivity index (χ1v) is 5.90. The summed E-state index contributed by atoms with van der Waals surface area (Å²) in [5.74, 6) is -1.05. The van der Waals surface area contributed by atoms with E-state index in [0.717, 1.165) is 6.42 Å². The van der Waals surface area contributed by atoms with Gasteiger partial charge >= 0.3 is 5.97 Å². The van der Waals surface area contributed by atoms with Crippen LogP contribution in [-0.2, 0) is 14.3 Å². The van der Waals surface area contributed by atoms with Crippen LogP contribution in [0.25, 0.3) is 0 Å². The zero-order chi connectivity index (χ0) is 12.4. The number of carboxylic acid groups (broad SMARTS) is 1. The zero-order valence-corrected chi connectivity index (χ0v) is 9.89. The Kier molecular flexibility index (Phi) is 3.47. The second-order valence-corrected chi connectivity index (χ2v) is 4.61. The maximum atomic E-state index is 12.1. The molecule has 2 atom stereocenters. The van der Waals surface area contributed by atoms with Crippen molar-refractivity contribution in [2.75, 3.05) is 13.1 Å². The number of amides is 1. The fourth-order valence-electron chi connectivity index (χ4n) is 2.17. The molecule has 1 fully saturated rings. The van der Waals surface area contributed by atoms with Crippen molar-refractivity contribution < 1.29 is 19.4 Å². The highest BCUT2D eigenvalue weighted by atomic mass is 16.5. The molecule has 2 aliphatic heterocycles. The number of carboxylic acids is 1. The lowest BCUT2D eigenvalue weighted by Gasteiger charge is -2.27. The largest absolute Gasteiger partial charge is 0.479 e. The minimum absolute atomic E-state index is 0.0718. The van der Waals surface area contributed by atoms with E-state index in [4.69, 9.17) is 9.84 Å². The van der Waals surface area contributed by atoms with Gasteiger partial charge in [-0.2, -0.15) is 0 Å². The highest BCUT2D eigenvalue weighted by Gasteiger charge is 2.36. The first kappa shape index (κ1) is 12.1. The van der Waals surface area contributed by atoms with Gasteiger partial charge in [-0.15, -0.1) is 0 Å². The summed E-state index contributed by atoms with van der Waals surface area (Å²) in [5.41, 5.74) is 1.30. The Balaban J connectivity index is 1.91. The van der Waals surface area contributed by atoms with Crippen LogP contribution in [0.4, 0.5) is 0 Å². The Hall–Kier alpha value is -1.36. The topological polar surface area (TPSA) is 66.8 Å². The van der Waals surface area contributed by atoms with Crippen LogP contribution in [0.3, 0.4) is 0 Å². The van der Waals surface area contributed by atoms with E-state index in [1.807, 2.05) is 13.0 Å². The van der Waals surface area contributed by atoms with Crippen LogP contribution in [-0.4, -0.2) is 47.2 Å². The lowest BCUT2D eigenvalue weighted by atomic mass is 10.1. The minimum atomic E-state index is -0.977. The van der Waals surface area contributed by atoms with Crippen LogP contribution in [0.15, 0.2) is 11.6 Å². The molecule has 0 saturated carbocycles. The monoisotopic (exact) mass is 239 g/mol. The van der Waals surface area contributed by atoms with Crippen LogP contribution in [0, 0.1) is 0 Å². The predicted molar refractivity (Wildman–Crippen MR) is 60.5 cm³/mol. The van der Waals surface area contributed by atoms with Gasteiger partial charge in [0.1, 0.15) is 6.10 Å². The molecular weight excluding hydrogens is 222 g/mol. The molecular formula is C12H17NO4. The van der Waals surface area contributed by atoms with Crippen molar-refractivity contribution in [1.29, 1.82) is 0 Å². The summed E-state index contributed by atoms with van der Waals surface area (Å²) in [6, 6.07) is 0. The average molecular weight is 239 g/mol. The number of hydrogen-bond donors (Lipinski definition) is 1. The molecule has 2 heterocycles. The first-order valence-electron chi connectivity index (χ1n) is 5.90. The number of carbonyl (C=O) groups excluding carboxylic acids is 1. The summed E-state index contributed by atoms with van der Waals surface area (Å²) in [4.78, 5) is 24.5. The molecule has 17 heavy (non-hydrogen) atoms. The van der Waals surface area contributed by atoms with Crippen molar-refractivity contribution in [1.82, 2.24) is 4.90 Å². The van der Waals surface area contributed by atoms with Gasteiger partial charge in [0.05, 0.1) is 0 Å². The third kappa shape index (κ3) is 2.66. The quantitative estimate of drug-likeness (QED) is 0.724. The molecule has 0 aromatic carbocycles. The molecule has 0 spiro atoms. The molecule has 94 valence electrons. The van der Waals surface area contributed by atoms with Crippen LogP contribution in [0.2, 0.25) is 0 Å². The van der Waals surface area contributed by atoms with Gasteiger partial charge in [-0.1, -0.05) is 11.6 Å². The number of nitrogens with zero attached hydrogens (tertiary/aromatic N) is 1. The second kappa shape index (κ2) is 4.87. The lowest BCUT2D eigenvalue weighted by Crippen LogP contribution is -2.41. The highest BCUT2D eigenvalue weighted by molar-refractivity contribution is 5.83. The van der Waals surface area contributed by atoms with Gasteiger partial charge in [-0.05, 0) is 26.2 Å². The fourth-order valence-corrected chi connectivity index (χ4v) is 2.17. The zero-order valence-electron chi connectivity index (χ0n) is 9.89. The maximum absolute atomic E-state index is 12.1. The molecule has 5 nitrogen and oxygen atoms in total. The summed E-state index contributed by atoms with van der Waals surface area (Å²) >= 11 is 0. The first-order chi connectivity index (χ1) is 8.08. The molecule has 5 heteroatoms. The lowest BCUT2D eigenvalue weighted by molar-refractivity contribution is -0.154. The van der Waals surface area contributed by atoms with Crippen LogP contribution < -0.4 is 0 Å². The van der Waals surface area contributed by atoms with Gasteiger partial charge in [0.15, 0.2) is 6.10 Å². The summed E-state index contributed by atoms with van der Waals surface area (Å²) in [6.07, 6.45) is 2.48. The van der Waals surface area contributed by atoms with Crippen molar-refractivity contribution in [2.45, 2.75) is 38.4 Å². The van der Waals surface area contributed by atoms with Gasteiger partial charge < -0.3 is 14.7 Å². The number of aliphatic carboxylic acids is 1. The SMILES string of the molecule is CC1=CCN(C(=O)[C@@H]2CC[C@H](C(=O)O)O2)CC1. The van der Waals surface area contributed by atoms with E-state index in [9.17, 15) is 9.59 Å². The van der Waals surface area contributed by atoms with Gasteiger partial charge in [-0.3, -0.25) is 4.79 Å². The van der Waals surface area contributed by atoms with Gasteiger partial charge in [0, 0.05) is 13.1 Å². The van der Waals surface area contributed by atoms with Crippen molar-refractivity contribution in [3.63, 3.8) is 0 Å². The van der Waals surface area contributed by atoms with Gasteiger partial charge in [0.25, 0.3) is 5.91 Å². The molecule has 2 rings (SSSR count). The Bertz CT molecular complexity index is 364. The van der Waals surface area contributed by atoms with E-state index >= 15 is 0 Å². The molecule has 0 aromatic heterocycles. The molecule has 0 bridgehead atoms. The summed E-state index contributed by atoms with van der Waals surface area (Å²) in [5, 5.41) is 8.80. The fraction of sp³-hybridized carbons (Fsp3) is 0.667. The molecule has 1 amide bonds. The number of rotatable bonds is 2. The van der Waals surface area contributed by atoms with Crippen molar-refractivity contribution >= 4 is 11.9 Å². The molecule has 1 N–H and O–H groups in total. The number of hydrogen-bond acceptors (Lipinski definition) is 3. The van der Waals surface area contributed by atoms with E-state index in [1.165, 1.54) is 5.57 Å². The Morgan fingerprint density at radius 2 is 2.12 bits per heavy atom. The smallest absolute Gasteiger partial charge is 0.332 e. The Morgan fingerprint density at radius 1 is 1.41 bits per heavy atom. The van der Waals surface area contributed by atoms with E-state index in [-0.39, 0.29) is 5.91 Å². The third-order valence-electron chi connectivity index (χ3n) is 3.32. The van der Waals surface area contributed by atoms with Gasteiger partial charge in [0.2, 0.25) is 0 Å². The van der Waals surface area contributed by atoms with Crippen LogP contribution >= 0.6 is 0 Å². The Morgan fingerprint density at radius 3 is 2.65 bits per heavy atom. The second-order valence-electron chi connectivity index (χ2n) is 4.61. The number of carbonyl (C=O) groups is 2. The van der Waals surface area contributed by atoms with E-state index < -0.39 is 18.2 Å². The minimum Gasteiger partial charge on any atom is -0.479 e. The molecule has 0 radical (unpaired) electrons. The standard InChI is InChI=1S/C12H17NO4/c1-8-4-6-13(7-5-8)11(14)9-2-3-10(17-9)12(15)16/h4,9-10H,2-3,5-7H2,1H3,(H,15,16)/t9-,10+/m0/s1. The predicted octanol–water partition coefficient (Wildman–Crippen LogP) is 0.797. The van der Waals surface area contributed by atoms with Crippen LogP contribution in [0.1, 0.15) is 26.2 Å². The molecule has 0 unspecified atom stereocenters. The van der Waals surface area contributed by atoms with E-state index in [1.54, 1.807) is 4.90 Å². The van der Waals surface area contributed by atoms with Gasteiger partial charge in [-0.25, -0.2) is 4.79 Å². The number of ether oxygens (including phenoxy) is 1. The van der Waals surface area contributed by atoms with E-state index in [2.05, 4.69) is 0 Å². The summed E-state index contributed by atoms with van der Waals surface area (Å²) in [6.45, 7) is 3.37. The van der Waals surface area contributed by atoms with Crippen molar-refractivity contribution in [2.24, 2.45) is 0 Å². The van der Waals surface area contributed by atoms with Crippen molar-refractivity contribution in [3.05, 3.63) is 11.6 Å². The summed E-state index contributed by atoms with van der Waals surface area (Å²) in [7, 11) is 0. The third-order valence-corrected chi connectivity index (χ3v) is 3.32. The average Bonchev–Trinajstić information content (AvgIpc) is 2.78. The molecule has 0 aliphatic carbocycles.